The second kappa shape index (κ2) is 7.47. The molecule has 5 heteroatoms. The maximum Gasteiger partial charge on any atom is 0.315 e. The number of hydrogen-bond donors (Lipinski definition) is 2. The van der Waals surface area contributed by atoms with E-state index in [0.717, 1.165) is 29.9 Å². The van der Waals surface area contributed by atoms with Crippen molar-refractivity contribution in [1.82, 2.24) is 10.6 Å². The molecule has 1 aliphatic carbocycles. The summed E-state index contributed by atoms with van der Waals surface area (Å²) in [5.41, 5.74) is 3.41. The van der Waals surface area contributed by atoms with Crippen molar-refractivity contribution in [3.05, 3.63) is 59.2 Å². The molecule has 2 aromatic rings. The summed E-state index contributed by atoms with van der Waals surface area (Å²) in [6.07, 6.45) is 1.93. The molecule has 2 aromatic carbocycles. The average molecular weight is 340 g/mol. The van der Waals surface area contributed by atoms with Crippen molar-refractivity contribution in [2.75, 3.05) is 14.2 Å². The third-order valence-electron chi connectivity index (χ3n) is 4.69. The molecule has 0 saturated carbocycles. The third-order valence-corrected chi connectivity index (χ3v) is 4.69. The lowest BCUT2D eigenvalue weighted by Crippen LogP contribution is -2.38. The molecular weight excluding hydrogens is 316 g/mol. The minimum Gasteiger partial charge on any atom is -0.497 e. The standard InChI is InChI=1S/C20H24N2O3/c1-13(17-12-15(24-2)9-11-19(17)25-3)21-20(23)22-18-10-8-14-6-4-5-7-16(14)18/h4-7,9,11-13,18H,8,10H2,1-3H3,(H2,21,22,23). The summed E-state index contributed by atoms with van der Waals surface area (Å²) in [5, 5.41) is 6.07. The SMILES string of the molecule is COc1ccc(OC)c(C(C)NC(=O)NC2CCc3ccccc32)c1. The van der Waals surface area contributed by atoms with E-state index in [2.05, 4.69) is 22.8 Å². The first-order valence-corrected chi connectivity index (χ1v) is 8.49. The highest BCUT2D eigenvalue weighted by Gasteiger charge is 2.24. The van der Waals surface area contributed by atoms with Crippen LogP contribution in [-0.4, -0.2) is 20.3 Å². The number of ether oxygens (including phenoxy) is 2. The fraction of sp³-hybridized carbons (Fsp3) is 0.350. The predicted molar refractivity (Wildman–Crippen MR) is 97.1 cm³/mol. The van der Waals surface area contributed by atoms with Crippen LogP contribution in [-0.2, 0) is 6.42 Å². The van der Waals surface area contributed by atoms with Gasteiger partial charge in [-0.2, -0.15) is 0 Å². The third kappa shape index (κ3) is 3.71. The van der Waals surface area contributed by atoms with Crippen LogP contribution in [0.5, 0.6) is 11.5 Å². The van der Waals surface area contributed by atoms with E-state index in [0.29, 0.717) is 0 Å². The van der Waals surface area contributed by atoms with Crippen molar-refractivity contribution in [2.24, 2.45) is 0 Å². The summed E-state index contributed by atoms with van der Waals surface area (Å²) in [5.74, 6) is 1.45. The van der Waals surface area contributed by atoms with Crippen molar-refractivity contribution in [3.63, 3.8) is 0 Å². The number of methoxy groups -OCH3 is 2. The van der Waals surface area contributed by atoms with Gasteiger partial charge in [-0.1, -0.05) is 24.3 Å². The Morgan fingerprint density at radius 1 is 1.16 bits per heavy atom. The Bertz CT molecular complexity index is 760. The van der Waals surface area contributed by atoms with Gasteiger partial charge in [0.05, 0.1) is 26.3 Å². The molecule has 132 valence electrons. The molecule has 0 spiro atoms. The monoisotopic (exact) mass is 340 g/mol. The second-order valence-electron chi connectivity index (χ2n) is 6.24. The Kier molecular flexibility index (Phi) is 5.12. The van der Waals surface area contributed by atoms with Gasteiger partial charge in [0, 0.05) is 5.56 Å². The molecule has 0 saturated heterocycles. The number of aryl methyl sites for hydroxylation is 1. The number of carbonyl (C=O) groups is 1. The smallest absolute Gasteiger partial charge is 0.315 e. The maximum atomic E-state index is 12.5. The zero-order chi connectivity index (χ0) is 17.8. The topological polar surface area (TPSA) is 59.6 Å². The van der Waals surface area contributed by atoms with E-state index in [4.69, 9.17) is 9.47 Å². The van der Waals surface area contributed by atoms with Gasteiger partial charge in [-0.25, -0.2) is 4.79 Å². The minimum atomic E-state index is -0.207. The number of fused-ring (bicyclic) bond motifs is 1. The highest BCUT2D eigenvalue weighted by Crippen LogP contribution is 2.31. The molecule has 25 heavy (non-hydrogen) atoms. The van der Waals surface area contributed by atoms with Crippen LogP contribution in [0.3, 0.4) is 0 Å². The van der Waals surface area contributed by atoms with Crippen LogP contribution in [0.25, 0.3) is 0 Å². The van der Waals surface area contributed by atoms with Crippen LogP contribution in [0.2, 0.25) is 0 Å². The fourth-order valence-corrected chi connectivity index (χ4v) is 3.36. The summed E-state index contributed by atoms with van der Waals surface area (Å²) in [4.78, 5) is 12.5. The molecule has 2 amide bonds. The molecular formula is C20H24N2O3. The van der Waals surface area contributed by atoms with Crippen molar-refractivity contribution >= 4 is 6.03 Å². The predicted octanol–water partition coefficient (Wildman–Crippen LogP) is 3.75. The molecule has 2 N–H and O–H groups in total. The first-order valence-electron chi connectivity index (χ1n) is 8.49. The number of urea groups is 1. The van der Waals surface area contributed by atoms with Gasteiger partial charge in [-0.15, -0.1) is 0 Å². The van der Waals surface area contributed by atoms with E-state index in [1.54, 1.807) is 14.2 Å². The quantitative estimate of drug-likeness (QED) is 0.871. The molecule has 0 aromatic heterocycles. The molecule has 0 bridgehead atoms. The molecule has 2 atom stereocenters. The van der Waals surface area contributed by atoms with Gasteiger partial charge in [0.25, 0.3) is 0 Å². The average Bonchev–Trinajstić information content (AvgIpc) is 3.04. The summed E-state index contributed by atoms with van der Waals surface area (Å²) in [7, 11) is 3.24. The van der Waals surface area contributed by atoms with E-state index >= 15 is 0 Å². The Morgan fingerprint density at radius 3 is 2.72 bits per heavy atom. The number of hydrogen-bond acceptors (Lipinski definition) is 3. The van der Waals surface area contributed by atoms with Gasteiger partial charge in [-0.3, -0.25) is 0 Å². The Hall–Kier alpha value is -2.69. The van der Waals surface area contributed by atoms with Crippen LogP contribution >= 0.6 is 0 Å². The molecule has 0 heterocycles. The molecule has 0 radical (unpaired) electrons. The van der Waals surface area contributed by atoms with Gasteiger partial charge in [0.1, 0.15) is 11.5 Å². The molecule has 1 aliphatic rings. The van der Waals surface area contributed by atoms with E-state index in [-0.39, 0.29) is 18.1 Å². The van der Waals surface area contributed by atoms with E-state index in [1.807, 2.05) is 37.3 Å². The lowest BCUT2D eigenvalue weighted by molar-refractivity contribution is 0.233. The first-order chi connectivity index (χ1) is 12.1. The van der Waals surface area contributed by atoms with Gasteiger partial charge in [-0.05, 0) is 49.1 Å². The summed E-state index contributed by atoms with van der Waals surface area (Å²) >= 11 is 0. The number of benzene rings is 2. The molecule has 5 nitrogen and oxygen atoms in total. The zero-order valence-electron chi connectivity index (χ0n) is 14.8. The first kappa shape index (κ1) is 17.1. The number of rotatable bonds is 5. The Labute approximate surface area is 148 Å². The normalized spacial score (nSPS) is 16.7. The molecule has 0 fully saturated rings. The summed E-state index contributed by atoms with van der Waals surface area (Å²) in [6, 6.07) is 13.5. The lowest BCUT2D eigenvalue weighted by atomic mass is 10.1. The highest BCUT2D eigenvalue weighted by molar-refractivity contribution is 5.75. The largest absolute Gasteiger partial charge is 0.497 e. The van der Waals surface area contributed by atoms with Gasteiger partial charge in [0.2, 0.25) is 0 Å². The van der Waals surface area contributed by atoms with Gasteiger partial charge in [0.15, 0.2) is 0 Å². The molecule has 0 aliphatic heterocycles. The van der Waals surface area contributed by atoms with Gasteiger partial charge < -0.3 is 20.1 Å². The van der Waals surface area contributed by atoms with Crippen LogP contribution in [0.1, 0.15) is 42.1 Å². The van der Waals surface area contributed by atoms with Crippen LogP contribution in [0.15, 0.2) is 42.5 Å². The van der Waals surface area contributed by atoms with Gasteiger partial charge >= 0.3 is 6.03 Å². The van der Waals surface area contributed by atoms with Crippen molar-refractivity contribution in [2.45, 2.75) is 31.8 Å². The van der Waals surface area contributed by atoms with E-state index in [9.17, 15) is 4.79 Å². The summed E-state index contributed by atoms with van der Waals surface area (Å²) < 4.78 is 10.7. The second-order valence-corrected chi connectivity index (χ2v) is 6.24. The Morgan fingerprint density at radius 2 is 1.96 bits per heavy atom. The molecule has 3 rings (SSSR count). The highest BCUT2D eigenvalue weighted by atomic mass is 16.5. The van der Waals surface area contributed by atoms with Crippen LogP contribution in [0, 0.1) is 0 Å². The van der Waals surface area contributed by atoms with E-state index in [1.165, 1.54) is 11.1 Å². The Balaban J connectivity index is 1.67. The maximum absolute atomic E-state index is 12.5. The van der Waals surface area contributed by atoms with Crippen LogP contribution in [0.4, 0.5) is 4.79 Å². The fourth-order valence-electron chi connectivity index (χ4n) is 3.36. The number of nitrogens with one attached hydrogen (secondary N) is 2. The minimum absolute atomic E-state index is 0.0654. The van der Waals surface area contributed by atoms with Crippen LogP contribution < -0.4 is 20.1 Å². The molecule has 2 unspecified atom stereocenters. The zero-order valence-corrected chi connectivity index (χ0v) is 14.8. The van der Waals surface area contributed by atoms with Crippen molar-refractivity contribution in [1.29, 1.82) is 0 Å². The summed E-state index contributed by atoms with van der Waals surface area (Å²) in [6.45, 7) is 1.93. The van der Waals surface area contributed by atoms with Crippen molar-refractivity contribution < 1.29 is 14.3 Å². The number of carbonyl (C=O) groups excluding carboxylic acids is 1. The number of amides is 2. The van der Waals surface area contributed by atoms with E-state index < -0.39 is 0 Å². The van der Waals surface area contributed by atoms with Crippen molar-refractivity contribution in [3.8, 4) is 11.5 Å². The lowest BCUT2D eigenvalue weighted by Gasteiger charge is -2.20.